The molecule has 2 atom stereocenters. The Labute approximate surface area is 143 Å². The number of rotatable bonds is 4. The summed E-state index contributed by atoms with van der Waals surface area (Å²) in [7, 11) is 6.90. The summed E-state index contributed by atoms with van der Waals surface area (Å²) < 4.78 is 0. The van der Waals surface area contributed by atoms with Crippen molar-refractivity contribution in [3.63, 3.8) is 0 Å². The van der Waals surface area contributed by atoms with Crippen LogP contribution in [0.15, 0.2) is 0 Å². The summed E-state index contributed by atoms with van der Waals surface area (Å²) in [6.07, 6.45) is 4.02. The lowest BCUT2D eigenvalue weighted by Gasteiger charge is -2.46. The molecule has 134 valence electrons. The average molecular weight is 324 g/mol. The van der Waals surface area contributed by atoms with Crippen molar-refractivity contribution in [3.8, 4) is 0 Å². The Morgan fingerprint density at radius 3 is 2.26 bits per heavy atom. The first-order valence-electron chi connectivity index (χ1n) is 9.65. The Morgan fingerprint density at radius 1 is 0.913 bits per heavy atom. The first-order valence-corrected chi connectivity index (χ1v) is 9.65. The second kappa shape index (κ2) is 8.26. The maximum Gasteiger partial charge on any atom is 0.0261 e. The van der Waals surface area contributed by atoms with Crippen molar-refractivity contribution in [1.82, 2.24) is 24.9 Å². The normalized spacial score (nSPS) is 33.4. The van der Waals surface area contributed by atoms with Gasteiger partial charge in [0.05, 0.1) is 0 Å². The fourth-order valence-corrected chi connectivity index (χ4v) is 4.62. The molecule has 3 heterocycles. The highest BCUT2D eigenvalue weighted by Crippen LogP contribution is 2.24. The molecule has 0 aromatic heterocycles. The minimum atomic E-state index is 0.719. The van der Waals surface area contributed by atoms with E-state index in [0.29, 0.717) is 0 Å². The molecular weight excluding hydrogens is 286 g/mol. The standard InChI is InChI=1S/C18H37N5/c1-20-8-5-17(6-9-20)22(3)18-14-19-7-4-16(18)15-23-12-10-21(2)11-13-23/h16-19H,4-15H2,1-3H3. The van der Waals surface area contributed by atoms with Crippen LogP contribution < -0.4 is 5.32 Å². The van der Waals surface area contributed by atoms with Gasteiger partial charge in [0.15, 0.2) is 0 Å². The van der Waals surface area contributed by atoms with E-state index < -0.39 is 0 Å². The minimum absolute atomic E-state index is 0.719. The number of hydrogen-bond acceptors (Lipinski definition) is 5. The third-order valence-corrected chi connectivity index (χ3v) is 6.47. The Morgan fingerprint density at radius 2 is 1.57 bits per heavy atom. The zero-order valence-electron chi connectivity index (χ0n) is 15.5. The lowest BCUT2D eigenvalue weighted by Crippen LogP contribution is -2.58. The average Bonchev–Trinajstić information content (AvgIpc) is 2.57. The van der Waals surface area contributed by atoms with Crippen molar-refractivity contribution in [2.45, 2.75) is 31.3 Å². The second-order valence-electron chi connectivity index (χ2n) is 8.12. The van der Waals surface area contributed by atoms with Gasteiger partial charge in [-0.15, -0.1) is 0 Å². The van der Waals surface area contributed by atoms with E-state index in [-0.39, 0.29) is 0 Å². The summed E-state index contributed by atoms with van der Waals surface area (Å²) in [5, 5.41) is 3.66. The molecule has 3 aliphatic heterocycles. The van der Waals surface area contributed by atoms with Gasteiger partial charge in [-0.25, -0.2) is 0 Å². The Bertz CT molecular complexity index is 347. The van der Waals surface area contributed by atoms with Gasteiger partial charge >= 0.3 is 0 Å². The number of piperazine rings is 1. The Balaban J connectivity index is 1.55. The number of nitrogens with one attached hydrogen (secondary N) is 1. The van der Waals surface area contributed by atoms with Crippen LogP contribution in [0.5, 0.6) is 0 Å². The van der Waals surface area contributed by atoms with Gasteiger partial charge in [0.2, 0.25) is 0 Å². The van der Waals surface area contributed by atoms with Crippen LogP contribution in [0, 0.1) is 5.92 Å². The van der Waals surface area contributed by atoms with E-state index in [4.69, 9.17) is 0 Å². The van der Waals surface area contributed by atoms with Gasteiger partial charge in [0.25, 0.3) is 0 Å². The van der Waals surface area contributed by atoms with Crippen molar-refractivity contribution >= 4 is 0 Å². The molecule has 0 saturated carbocycles. The maximum atomic E-state index is 3.66. The predicted octanol–water partition coefficient (Wildman–Crippen LogP) is 0.238. The molecule has 0 aromatic rings. The van der Waals surface area contributed by atoms with Crippen molar-refractivity contribution in [1.29, 1.82) is 0 Å². The molecule has 5 heteroatoms. The van der Waals surface area contributed by atoms with Crippen molar-refractivity contribution < 1.29 is 0 Å². The van der Waals surface area contributed by atoms with Crippen molar-refractivity contribution in [3.05, 3.63) is 0 Å². The Kier molecular flexibility index (Phi) is 6.32. The zero-order valence-corrected chi connectivity index (χ0v) is 15.5. The monoisotopic (exact) mass is 323 g/mol. The number of likely N-dealkylation sites (N-methyl/N-ethyl adjacent to an activating group) is 2. The van der Waals surface area contributed by atoms with Crippen molar-refractivity contribution in [2.75, 3.05) is 80.0 Å². The fraction of sp³-hybridized carbons (Fsp3) is 1.00. The molecule has 2 unspecified atom stereocenters. The zero-order chi connectivity index (χ0) is 16.2. The molecule has 0 radical (unpaired) electrons. The van der Waals surface area contributed by atoms with Gasteiger partial charge in [-0.1, -0.05) is 0 Å². The first kappa shape index (κ1) is 17.6. The van der Waals surface area contributed by atoms with Crippen LogP contribution in [-0.4, -0.2) is 112 Å². The summed E-state index contributed by atoms with van der Waals surface area (Å²) in [4.78, 5) is 10.4. The molecule has 5 nitrogen and oxygen atoms in total. The van der Waals surface area contributed by atoms with E-state index in [1.54, 1.807) is 0 Å². The summed E-state index contributed by atoms with van der Waals surface area (Å²) in [5.41, 5.74) is 0. The molecule has 23 heavy (non-hydrogen) atoms. The largest absolute Gasteiger partial charge is 0.315 e. The quantitative estimate of drug-likeness (QED) is 0.799. The van der Waals surface area contributed by atoms with Gasteiger partial charge in [-0.2, -0.15) is 0 Å². The summed E-state index contributed by atoms with van der Waals surface area (Å²) in [6.45, 7) is 11.2. The molecule has 0 bridgehead atoms. The molecule has 3 fully saturated rings. The highest BCUT2D eigenvalue weighted by Gasteiger charge is 2.34. The smallest absolute Gasteiger partial charge is 0.0261 e. The lowest BCUT2D eigenvalue weighted by molar-refractivity contribution is 0.0411. The molecule has 1 N–H and O–H groups in total. The number of piperidine rings is 2. The molecular formula is C18H37N5. The van der Waals surface area contributed by atoms with Crippen LogP contribution in [0.1, 0.15) is 19.3 Å². The Hall–Kier alpha value is -0.200. The molecule has 3 rings (SSSR count). The van der Waals surface area contributed by atoms with Crippen LogP contribution in [0.2, 0.25) is 0 Å². The van der Waals surface area contributed by atoms with E-state index in [9.17, 15) is 0 Å². The molecule has 3 saturated heterocycles. The van der Waals surface area contributed by atoms with Gasteiger partial charge in [-0.05, 0) is 66.0 Å². The minimum Gasteiger partial charge on any atom is -0.315 e. The summed E-state index contributed by atoms with van der Waals surface area (Å²) in [6, 6.07) is 1.50. The predicted molar refractivity (Wildman–Crippen MR) is 97.0 cm³/mol. The maximum absolute atomic E-state index is 3.66. The van der Waals surface area contributed by atoms with Gasteiger partial charge in [0.1, 0.15) is 0 Å². The van der Waals surface area contributed by atoms with Crippen molar-refractivity contribution in [2.24, 2.45) is 5.92 Å². The molecule has 0 spiro atoms. The van der Waals surface area contributed by atoms with Gasteiger partial charge in [-0.3, -0.25) is 4.90 Å². The van der Waals surface area contributed by atoms with Gasteiger partial charge < -0.3 is 20.0 Å². The lowest BCUT2D eigenvalue weighted by atomic mass is 9.88. The summed E-state index contributed by atoms with van der Waals surface area (Å²) in [5.74, 6) is 0.837. The van der Waals surface area contributed by atoms with E-state index in [0.717, 1.165) is 18.0 Å². The third-order valence-electron chi connectivity index (χ3n) is 6.47. The SMILES string of the molecule is CN1CCC(N(C)C2CNCCC2CN2CCN(C)CC2)CC1. The number of nitrogens with zero attached hydrogens (tertiary/aromatic N) is 4. The van der Waals surface area contributed by atoms with Crippen LogP contribution in [0.3, 0.4) is 0 Å². The highest BCUT2D eigenvalue weighted by molar-refractivity contribution is 4.91. The molecule has 3 aliphatic rings. The van der Waals surface area contributed by atoms with E-state index >= 15 is 0 Å². The summed E-state index contributed by atoms with van der Waals surface area (Å²) >= 11 is 0. The second-order valence-corrected chi connectivity index (χ2v) is 8.12. The third kappa shape index (κ3) is 4.67. The molecule has 0 aliphatic carbocycles. The van der Waals surface area contributed by atoms with E-state index in [1.807, 2.05) is 0 Å². The topological polar surface area (TPSA) is 25.0 Å². The number of likely N-dealkylation sites (tertiary alicyclic amines) is 1. The first-order chi connectivity index (χ1) is 11.1. The van der Waals surface area contributed by atoms with Crippen LogP contribution >= 0.6 is 0 Å². The highest BCUT2D eigenvalue weighted by atomic mass is 15.3. The molecule has 0 amide bonds. The van der Waals surface area contributed by atoms with E-state index in [2.05, 4.69) is 46.1 Å². The van der Waals surface area contributed by atoms with E-state index in [1.165, 1.54) is 78.2 Å². The number of hydrogen-bond donors (Lipinski definition) is 1. The van der Waals surface area contributed by atoms with Gasteiger partial charge in [0, 0.05) is 51.4 Å². The fourth-order valence-electron chi connectivity index (χ4n) is 4.62. The van der Waals surface area contributed by atoms with Crippen LogP contribution in [0.4, 0.5) is 0 Å². The van der Waals surface area contributed by atoms with Crippen LogP contribution in [-0.2, 0) is 0 Å². The molecule has 0 aromatic carbocycles. The van der Waals surface area contributed by atoms with Crippen LogP contribution in [0.25, 0.3) is 0 Å².